The van der Waals surface area contributed by atoms with Crippen LogP contribution in [0.1, 0.15) is 22.7 Å². The number of rotatable bonds is 6. The van der Waals surface area contributed by atoms with Crippen LogP contribution in [0.5, 0.6) is 0 Å². The third kappa shape index (κ3) is 5.33. The molecule has 28 heavy (non-hydrogen) atoms. The van der Waals surface area contributed by atoms with Gasteiger partial charge in [0.05, 0.1) is 6.04 Å². The van der Waals surface area contributed by atoms with E-state index < -0.39 is 11.8 Å². The van der Waals surface area contributed by atoms with E-state index >= 15 is 0 Å². The number of para-hydroxylation sites is 1. The second kappa shape index (κ2) is 9.37. The second-order valence-electron chi connectivity index (χ2n) is 7.40. The summed E-state index contributed by atoms with van der Waals surface area (Å²) in [4.78, 5) is 28.7. The normalized spacial score (nSPS) is 11.8. The van der Waals surface area contributed by atoms with Gasteiger partial charge in [-0.25, -0.2) is 0 Å². The molecule has 0 aliphatic carbocycles. The van der Waals surface area contributed by atoms with E-state index in [1.54, 1.807) is 0 Å². The first-order valence-corrected chi connectivity index (χ1v) is 9.29. The minimum Gasteiger partial charge on any atom is -0.378 e. The standard InChI is InChI=1S/C22H30N4O2/c1-15-8-7-9-16(2)20(15)24-22(28)21(27)23-14-19(26(5)6)17-10-12-18(13-11-17)25(3)4/h7-13,19H,14H2,1-6H3,(H,23,27)(H,24,28). The fourth-order valence-electron chi connectivity index (χ4n) is 3.04. The highest BCUT2D eigenvalue weighted by atomic mass is 16.2. The predicted molar refractivity (Wildman–Crippen MR) is 115 cm³/mol. The summed E-state index contributed by atoms with van der Waals surface area (Å²) in [6.07, 6.45) is 0. The van der Waals surface area contributed by atoms with E-state index in [1.165, 1.54) is 0 Å². The summed E-state index contributed by atoms with van der Waals surface area (Å²) in [5, 5.41) is 5.48. The zero-order valence-corrected chi connectivity index (χ0v) is 17.5. The van der Waals surface area contributed by atoms with Gasteiger partial charge < -0.3 is 20.4 Å². The molecule has 0 saturated carbocycles. The first kappa shape index (κ1) is 21.4. The molecule has 0 aliphatic heterocycles. The molecule has 2 N–H and O–H groups in total. The van der Waals surface area contributed by atoms with Crippen molar-refractivity contribution in [3.05, 3.63) is 59.2 Å². The summed E-state index contributed by atoms with van der Waals surface area (Å²) in [6, 6.07) is 13.9. The summed E-state index contributed by atoms with van der Waals surface area (Å²) >= 11 is 0. The minimum absolute atomic E-state index is 0.0341. The molecular formula is C22H30N4O2. The highest BCUT2D eigenvalue weighted by molar-refractivity contribution is 6.39. The molecule has 2 rings (SSSR count). The average molecular weight is 383 g/mol. The van der Waals surface area contributed by atoms with Gasteiger partial charge in [-0.2, -0.15) is 0 Å². The van der Waals surface area contributed by atoms with Crippen LogP contribution in [0, 0.1) is 13.8 Å². The maximum absolute atomic E-state index is 12.3. The second-order valence-corrected chi connectivity index (χ2v) is 7.40. The Kier molecular flexibility index (Phi) is 7.18. The molecule has 0 aromatic heterocycles. The van der Waals surface area contributed by atoms with Crippen LogP contribution in [0.4, 0.5) is 11.4 Å². The third-order valence-corrected chi connectivity index (χ3v) is 4.80. The number of benzene rings is 2. The van der Waals surface area contributed by atoms with Crippen LogP contribution in [-0.4, -0.2) is 51.4 Å². The van der Waals surface area contributed by atoms with Crippen LogP contribution in [-0.2, 0) is 9.59 Å². The van der Waals surface area contributed by atoms with Gasteiger partial charge in [0.25, 0.3) is 0 Å². The van der Waals surface area contributed by atoms with E-state index in [4.69, 9.17) is 0 Å². The molecule has 0 heterocycles. The Balaban J connectivity index is 2.02. The molecule has 0 fully saturated rings. The summed E-state index contributed by atoms with van der Waals surface area (Å²) in [5.74, 6) is -1.29. The van der Waals surface area contributed by atoms with Crippen molar-refractivity contribution in [3.63, 3.8) is 0 Å². The van der Waals surface area contributed by atoms with E-state index in [9.17, 15) is 9.59 Å². The van der Waals surface area contributed by atoms with Crippen molar-refractivity contribution in [2.45, 2.75) is 19.9 Å². The zero-order valence-electron chi connectivity index (χ0n) is 17.5. The molecule has 6 nitrogen and oxygen atoms in total. The summed E-state index contributed by atoms with van der Waals surface area (Å²) in [6.45, 7) is 4.15. The lowest BCUT2D eigenvalue weighted by molar-refractivity contribution is -0.136. The van der Waals surface area contributed by atoms with Gasteiger partial charge in [-0.05, 0) is 56.8 Å². The fraction of sp³-hybridized carbons (Fsp3) is 0.364. The van der Waals surface area contributed by atoms with Crippen LogP contribution in [0.2, 0.25) is 0 Å². The van der Waals surface area contributed by atoms with Crippen molar-refractivity contribution in [2.75, 3.05) is 45.0 Å². The third-order valence-electron chi connectivity index (χ3n) is 4.80. The lowest BCUT2D eigenvalue weighted by atomic mass is 10.1. The number of amides is 2. The summed E-state index contributed by atoms with van der Waals surface area (Å²) in [5.41, 5.74) is 4.72. The van der Waals surface area contributed by atoms with Crippen molar-refractivity contribution < 1.29 is 9.59 Å². The maximum atomic E-state index is 12.3. The molecule has 150 valence electrons. The molecule has 2 aromatic rings. The van der Waals surface area contributed by atoms with Crippen molar-refractivity contribution >= 4 is 23.2 Å². The Morgan fingerprint density at radius 3 is 1.96 bits per heavy atom. The summed E-state index contributed by atoms with van der Waals surface area (Å²) < 4.78 is 0. The molecule has 0 saturated heterocycles. The van der Waals surface area contributed by atoms with Crippen molar-refractivity contribution in [1.82, 2.24) is 10.2 Å². The van der Waals surface area contributed by atoms with Crippen LogP contribution in [0.25, 0.3) is 0 Å². The quantitative estimate of drug-likeness (QED) is 0.754. The number of aryl methyl sites for hydroxylation is 2. The van der Waals surface area contributed by atoms with Gasteiger partial charge in [-0.1, -0.05) is 30.3 Å². The molecule has 1 atom stereocenters. The van der Waals surface area contributed by atoms with Crippen LogP contribution in [0.3, 0.4) is 0 Å². The number of hydrogen-bond donors (Lipinski definition) is 2. The molecule has 0 spiro atoms. The first-order chi connectivity index (χ1) is 13.2. The molecular weight excluding hydrogens is 352 g/mol. The summed E-state index contributed by atoms with van der Waals surface area (Å²) in [7, 11) is 7.89. The van der Waals surface area contributed by atoms with Gasteiger partial charge in [-0.3, -0.25) is 9.59 Å². The maximum Gasteiger partial charge on any atom is 0.313 e. The number of carbonyl (C=O) groups excluding carboxylic acids is 2. The monoisotopic (exact) mass is 382 g/mol. The van der Waals surface area contributed by atoms with Crippen LogP contribution >= 0.6 is 0 Å². The average Bonchev–Trinajstić information content (AvgIpc) is 2.64. The number of carbonyl (C=O) groups is 2. The zero-order chi connectivity index (χ0) is 20.8. The lowest BCUT2D eigenvalue weighted by Gasteiger charge is -2.25. The number of anilines is 2. The Morgan fingerprint density at radius 2 is 1.46 bits per heavy atom. The van der Waals surface area contributed by atoms with E-state index in [1.807, 2.05) is 94.3 Å². The minimum atomic E-state index is -0.655. The Morgan fingerprint density at radius 1 is 0.893 bits per heavy atom. The number of hydrogen-bond acceptors (Lipinski definition) is 4. The molecule has 0 aliphatic rings. The smallest absolute Gasteiger partial charge is 0.313 e. The van der Waals surface area contributed by atoms with Crippen LogP contribution in [0.15, 0.2) is 42.5 Å². The van der Waals surface area contributed by atoms with Gasteiger partial charge >= 0.3 is 11.8 Å². The molecule has 6 heteroatoms. The van der Waals surface area contributed by atoms with Gasteiger partial charge in [0.2, 0.25) is 0 Å². The van der Waals surface area contributed by atoms with Gasteiger partial charge in [0, 0.05) is 32.0 Å². The molecule has 1 unspecified atom stereocenters. The van der Waals surface area contributed by atoms with E-state index in [0.29, 0.717) is 12.2 Å². The van der Waals surface area contributed by atoms with Crippen molar-refractivity contribution in [2.24, 2.45) is 0 Å². The largest absolute Gasteiger partial charge is 0.378 e. The van der Waals surface area contributed by atoms with Crippen molar-refractivity contribution in [3.8, 4) is 0 Å². The predicted octanol–water partition coefficient (Wildman–Crippen LogP) is 2.73. The van der Waals surface area contributed by atoms with Crippen molar-refractivity contribution in [1.29, 1.82) is 0 Å². The van der Waals surface area contributed by atoms with E-state index in [2.05, 4.69) is 10.6 Å². The Bertz CT molecular complexity index is 809. The number of nitrogens with one attached hydrogen (secondary N) is 2. The van der Waals surface area contributed by atoms with E-state index in [-0.39, 0.29) is 6.04 Å². The highest BCUT2D eigenvalue weighted by Crippen LogP contribution is 2.21. The molecule has 0 bridgehead atoms. The SMILES string of the molecule is Cc1cccc(C)c1NC(=O)C(=O)NCC(c1ccc(N(C)C)cc1)N(C)C. The van der Waals surface area contributed by atoms with Gasteiger partial charge in [-0.15, -0.1) is 0 Å². The molecule has 0 radical (unpaired) electrons. The number of nitrogens with zero attached hydrogens (tertiary/aromatic N) is 2. The van der Waals surface area contributed by atoms with Crippen LogP contribution < -0.4 is 15.5 Å². The van der Waals surface area contributed by atoms with Gasteiger partial charge in [0.1, 0.15) is 0 Å². The molecule has 2 amide bonds. The lowest BCUT2D eigenvalue weighted by Crippen LogP contribution is -2.40. The Labute approximate surface area is 167 Å². The van der Waals surface area contributed by atoms with E-state index in [0.717, 1.165) is 22.4 Å². The highest BCUT2D eigenvalue weighted by Gasteiger charge is 2.20. The number of likely N-dealkylation sites (N-methyl/N-ethyl adjacent to an activating group) is 1. The first-order valence-electron chi connectivity index (χ1n) is 9.29. The Hall–Kier alpha value is -2.86. The molecule has 2 aromatic carbocycles. The van der Waals surface area contributed by atoms with Gasteiger partial charge in [0.15, 0.2) is 0 Å². The topological polar surface area (TPSA) is 64.7 Å². The fourth-order valence-corrected chi connectivity index (χ4v) is 3.04.